The van der Waals surface area contributed by atoms with Crippen LogP contribution in [0.25, 0.3) is 0 Å². The summed E-state index contributed by atoms with van der Waals surface area (Å²) in [5.41, 5.74) is 1.28. The number of halogens is 1. The molecule has 3 rings (SSSR count). The number of carbonyl (C=O) groups excluding carboxylic acids is 1. The van der Waals surface area contributed by atoms with Gasteiger partial charge in [0.15, 0.2) is 18.1 Å². The Bertz CT molecular complexity index is 924. The van der Waals surface area contributed by atoms with Crippen LogP contribution < -0.4 is 9.47 Å². The average molecular weight is 389 g/mol. The highest BCUT2D eigenvalue weighted by atomic mass is 35.5. The molecule has 8 heteroatoms. The zero-order valence-electron chi connectivity index (χ0n) is 14.8. The predicted molar refractivity (Wildman–Crippen MR) is 96.9 cm³/mol. The fraction of sp³-hybridized carbons (Fsp3) is 0.211. The van der Waals surface area contributed by atoms with Gasteiger partial charge in [-0.05, 0) is 35.9 Å². The van der Waals surface area contributed by atoms with E-state index in [1.807, 2.05) is 12.1 Å². The van der Waals surface area contributed by atoms with Gasteiger partial charge in [0, 0.05) is 11.9 Å². The molecule has 3 aromatic rings. The number of aromatic nitrogens is 2. The molecular formula is C19H17ClN2O5. The molecule has 27 heavy (non-hydrogen) atoms. The van der Waals surface area contributed by atoms with Crippen molar-refractivity contribution in [2.75, 3.05) is 7.11 Å². The lowest BCUT2D eigenvalue weighted by molar-refractivity contribution is 0.0436. The zero-order chi connectivity index (χ0) is 19.2. The molecular weight excluding hydrogens is 372 g/mol. The van der Waals surface area contributed by atoms with Crippen molar-refractivity contribution >= 4 is 17.6 Å². The van der Waals surface area contributed by atoms with Gasteiger partial charge in [0.2, 0.25) is 5.89 Å². The highest BCUT2D eigenvalue weighted by molar-refractivity contribution is 6.30. The zero-order valence-corrected chi connectivity index (χ0v) is 15.5. The molecule has 0 spiro atoms. The first-order valence-electron chi connectivity index (χ1n) is 8.06. The Morgan fingerprint density at radius 2 is 1.85 bits per heavy atom. The SMILES string of the molecule is COc1cc(C(=O)OCc2nnc(C)o2)ccc1OCc1ccc(Cl)cc1. The molecule has 0 saturated carbocycles. The van der Waals surface area contributed by atoms with Gasteiger partial charge < -0.3 is 18.6 Å². The molecule has 0 radical (unpaired) electrons. The van der Waals surface area contributed by atoms with E-state index >= 15 is 0 Å². The minimum atomic E-state index is -0.534. The summed E-state index contributed by atoms with van der Waals surface area (Å²) in [4.78, 5) is 12.2. The Morgan fingerprint density at radius 1 is 1.07 bits per heavy atom. The van der Waals surface area contributed by atoms with E-state index in [0.717, 1.165) is 5.56 Å². The minimum Gasteiger partial charge on any atom is -0.493 e. The molecule has 0 amide bonds. The number of carbonyl (C=O) groups is 1. The van der Waals surface area contributed by atoms with Gasteiger partial charge in [0.25, 0.3) is 5.89 Å². The summed E-state index contributed by atoms with van der Waals surface area (Å²) >= 11 is 5.87. The van der Waals surface area contributed by atoms with Crippen molar-refractivity contribution in [1.82, 2.24) is 10.2 Å². The summed E-state index contributed by atoms with van der Waals surface area (Å²) in [6.07, 6.45) is 0. The monoisotopic (exact) mass is 388 g/mol. The number of methoxy groups -OCH3 is 1. The van der Waals surface area contributed by atoms with Crippen molar-refractivity contribution in [3.05, 3.63) is 70.4 Å². The number of ether oxygens (including phenoxy) is 3. The molecule has 0 aliphatic carbocycles. The van der Waals surface area contributed by atoms with Crippen LogP contribution in [-0.2, 0) is 18.0 Å². The summed E-state index contributed by atoms with van der Waals surface area (Å²) < 4.78 is 21.4. The first-order valence-corrected chi connectivity index (χ1v) is 8.44. The first-order chi connectivity index (χ1) is 13.0. The van der Waals surface area contributed by atoms with E-state index in [0.29, 0.717) is 34.6 Å². The van der Waals surface area contributed by atoms with Crippen molar-refractivity contribution in [3.63, 3.8) is 0 Å². The smallest absolute Gasteiger partial charge is 0.338 e. The standard InChI is InChI=1S/C19H17ClN2O5/c1-12-21-22-18(27-12)11-26-19(23)14-5-8-16(17(9-14)24-2)25-10-13-3-6-15(20)7-4-13/h3-9H,10-11H2,1-2H3. The number of rotatable bonds is 7. The molecule has 0 unspecified atom stereocenters. The minimum absolute atomic E-state index is 0.100. The Morgan fingerprint density at radius 3 is 2.52 bits per heavy atom. The molecule has 0 saturated heterocycles. The third kappa shape index (κ3) is 4.98. The Labute approximate surface area is 160 Å². The van der Waals surface area contributed by atoms with E-state index in [2.05, 4.69) is 10.2 Å². The van der Waals surface area contributed by atoms with Crippen LogP contribution in [0.4, 0.5) is 0 Å². The Balaban J connectivity index is 1.64. The highest BCUT2D eigenvalue weighted by Crippen LogP contribution is 2.29. The second-order valence-electron chi connectivity index (χ2n) is 5.57. The third-order valence-electron chi connectivity index (χ3n) is 3.60. The van der Waals surface area contributed by atoms with Crippen LogP contribution in [0.1, 0.15) is 27.7 Å². The van der Waals surface area contributed by atoms with Crippen LogP contribution in [0.3, 0.4) is 0 Å². The van der Waals surface area contributed by atoms with Gasteiger partial charge in [-0.2, -0.15) is 0 Å². The predicted octanol–water partition coefficient (Wildman–Crippen LogP) is 3.98. The topological polar surface area (TPSA) is 83.7 Å². The van der Waals surface area contributed by atoms with Crippen molar-refractivity contribution < 1.29 is 23.4 Å². The molecule has 1 aromatic heterocycles. The number of hydrogen-bond acceptors (Lipinski definition) is 7. The van der Waals surface area contributed by atoms with Crippen LogP contribution >= 0.6 is 11.6 Å². The maximum absolute atomic E-state index is 12.2. The van der Waals surface area contributed by atoms with Crippen LogP contribution in [0.2, 0.25) is 5.02 Å². The van der Waals surface area contributed by atoms with Gasteiger partial charge in [-0.15, -0.1) is 10.2 Å². The molecule has 140 valence electrons. The van der Waals surface area contributed by atoms with Crippen LogP contribution in [0.15, 0.2) is 46.9 Å². The summed E-state index contributed by atoms with van der Waals surface area (Å²) in [6, 6.07) is 12.1. The van der Waals surface area contributed by atoms with Crippen LogP contribution in [-0.4, -0.2) is 23.3 Å². The molecule has 1 heterocycles. The van der Waals surface area contributed by atoms with Gasteiger partial charge in [-0.1, -0.05) is 23.7 Å². The van der Waals surface area contributed by atoms with E-state index in [1.54, 1.807) is 37.3 Å². The second kappa shape index (κ2) is 8.55. The number of benzene rings is 2. The lowest BCUT2D eigenvalue weighted by atomic mass is 10.2. The molecule has 0 atom stereocenters. The lowest BCUT2D eigenvalue weighted by Gasteiger charge is -2.12. The third-order valence-corrected chi connectivity index (χ3v) is 3.85. The second-order valence-corrected chi connectivity index (χ2v) is 6.01. The summed E-state index contributed by atoms with van der Waals surface area (Å²) in [6.45, 7) is 1.90. The van der Waals surface area contributed by atoms with E-state index in [4.69, 9.17) is 30.2 Å². The van der Waals surface area contributed by atoms with E-state index in [9.17, 15) is 4.79 Å². The average Bonchev–Trinajstić information content (AvgIpc) is 3.10. The molecule has 0 N–H and O–H groups in total. The fourth-order valence-electron chi connectivity index (χ4n) is 2.26. The molecule has 0 aliphatic rings. The molecule has 0 aliphatic heterocycles. The summed E-state index contributed by atoms with van der Waals surface area (Å²) in [7, 11) is 1.50. The van der Waals surface area contributed by atoms with Crippen molar-refractivity contribution in [2.24, 2.45) is 0 Å². The van der Waals surface area contributed by atoms with E-state index in [-0.39, 0.29) is 12.5 Å². The van der Waals surface area contributed by atoms with Gasteiger partial charge in [0.05, 0.1) is 12.7 Å². The van der Waals surface area contributed by atoms with Gasteiger partial charge in [0.1, 0.15) is 6.61 Å². The van der Waals surface area contributed by atoms with E-state index < -0.39 is 5.97 Å². The molecule has 0 bridgehead atoms. The number of hydrogen-bond donors (Lipinski definition) is 0. The molecule has 2 aromatic carbocycles. The largest absolute Gasteiger partial charge is 0.493 e. The van der Waals surface area contributed by atoms with Crippen molar-refractivity contribution in [3.8, 4) is 11.5 Å². The fourth-order valence-corrected chi connectivity index (χ4v) is 2.39. The molecule has 0 fully saturated rings. The maximum atomic E-state index is 12.2. The van der Waals surface area contributed by atoms with Crippen LogP contribution in [0, 0.1) is 6.92 Å². The van der Waals surface area contributed by atoms with Crippen LogP contribution in [0.5, 0.6) is 11.5 Å². The lowest BCUT2D eigenvalue weighted by Crippen LogP contribution is -2.06. The summed E-state index contributed by atoms with van der Waals surface area (Å²) in [5, 5.41) is 8.11. The summed E-state index contributed by atoms with van der Waals surface area (Å²) in [5.74, 6) is 1.04. The van der Waals surface area contributed by atoms with Gasteiger partial charge in [-0.3, -0.25) is 0 Å². The quantitative estimate of drug-likeness (QED) is 0.566. The Hall–Kier alpha value is -3.06. The first kappa shape index (κ1) is 18.7. The van der Waals surface area contributed by atoms with Crippen molar-refractivity contribution in [1.29, 1.82) is 0 Å². The van der Waals surface area contributed by atoms with Gasteiger partial charge in [-0.25, -0.2) is 4.79 Å². The normalized spacial score (nSPS) is 10.5. The van der Waals surface area contributed by atoms with Crippen molar-refractivity contribution in [2.45, 2.75) is 20.1 Å². The van der Waals surface area contributed by atoms with E-state index in [1.165, 1.54) is 7.11 Å². The number of esters is 1. The maximum Gasteiger partial charge on any atom is 0.338 e. The number of nitrogens with zero attached hydrogens (tertiary/aromatic N) is 2. The molecule has 7 nitrogen and oxygen atoms in total. The van der Waals surface area contributed by atoms with Gasteiger partial charge >= 0.3 is 5.97 Å². The number of aryl methyl sites for hydroxylation is 1. The highest BCUT2D eigenvalue weighted by Gasteiger charge is 2.14. The Kier molecular flexibility index (Phi) is 5.93.